The van der Waals surface area contributed by atoms with Gasteiger partial charge in [-0.1, -0.05) is 12.1 Å². The van der Waals surface area contributed by atoms with Crippen LogP contribution >= 0.6 is 0 Å². The van der Waals surface area contributed by atoms with Crippen molar-refractivity contribution in [3.8, 4) is 0 Å². The topological polar surface area (TPSA) is 81.5 Å². The monoisotopic (exact) mass is 286 g/mol. The summed E-state index contributed by atoms with van der Waals surface area (Å²) in [5.41, 5.74) is 1.88. The summed E-state index contributed by atoms with van der Waals surface area (Å²) in [5, 5.41) is 13.3. The largest absolute Gasteiger partial charge is 0.380 e. The van der Waals surface area contributed by atoms with Crippen LogP contribution in [-0.2, 0) is 11.3 Å². The Hall–Kier alpha value is -2.73. The molecule has 21 heavy (non-hydrogen) atoms. The number of hydrogen-bond acceptors (Lipinski definition) is 4. The van der Waals surface area contributed by atoms with E-state index < -0.39 is 4.92 Å². The number of nitrogens with one attached hydrogen (secondary N) is 1. The number of carbonyl (C=O) groups excluding carboxylic acids is 1. The molecule has 2 rings (SSSR count). The van der Waals surface area contributed by atoms with Gasteiger partial charge in [-0.2, -0.15) is 0 Å². The third kappa shape index (κ3) is 3.87. The molecule has 0 radical (unpaired) electrons. The first kappa shape index (κ1) is 14.7. The highest BCUT2D eigenvalue weighted by molar-refractivity contribution is 6.04. The second-order valence-electron chi connectivity index (χ2n) is 4.39. The van der Waals surface area contributed by atoms with Gasteiger partial charge < -0.3 is 10.1 Å². The predicted molar refractivity (Wildman–Crippen MR) is 78.2 cm³/mol. The minimum absolute atomic E-state index is 0.0184. The van der Waals surface area contributed by atoms with Crippen molar-refractivity contribution >= 4 is 17.3 Å². The number of nitro groups is 1. The van der Waals surface area contributed by atoms with Crippen molar-refractivity contribution in [2.24, 2.45) is 0 Å². The predicted octanol–water partition coefficient (Wildman–Crippen LogP) is 2.99. The molecule has 1 amide bonds. The Morgan fingerprint density at radius 3 is 2.57 bits per heavy atom. The van der Waals surface area contributed by atoms with Crippen molar-refractivity contribution in [1.82, 2.24) is 0 Å². The van der Waals surface area contributed by atoms with Crippen LogP contribution in [0.5, 0.6) is 0 Å². The van der Waals surface area contributed by atoms with E-state index in [2.05, 4.69) is 5.32 Å². The molecule has 0 aromatic heterocycles. The standard InChI is InChI=1S/C15H14N2O4/c1-21-10-11-3-2-4-12(9-11)15(18)16-13-5-7-14(8-6-13)17(19)20/h2-9H,10H2,1H3,(H,16,18). The highest BCUT2D eigenvalue weighted by Gasteiger charge is 2.09. The molecule has 6 nitrogen and oxygen atoms in total. The zero-order valence-electron chi connectivity index (χ0n) is 11.4. The first-order valence-electron chi connectivity index (χ1n) is 6.24. The molecule has 1 N–H and O–H groups in total. The zero-order chi connectivity index (χ0) is 15.2. The first-order chi connectivity index (χ1) is 10.1. The van der Waals surface area contributed by atoms with E-state index in [-0.39, 0.29) is 11.6 Å². The number of carbonyl (C=O) groups is 1. The Morgan fingerprint density at radius 2 is 1.95 bits per heavy atom. The van der Waals surface area contributed by atoms with Crippen LogP contribution < -0.4 is 5.32 Å². The second-order valence-corrected chi connectivity index (χ2v) is 4.39. The number of ether oxygens (including phenoxy) is 1. The fraction of sp³-hybridized carbons (Fsp3) is 0.133. The van der Waals surface area contributed by atoms with E-state index in [1.165, 1.54) is 24.3 Å². The first-order valence-corrected chi connectivity index (χ1v) is 6.24. The summed E-state index contributed by atoms with van der Waals surface area (Å²) in [6, 6.07) is 12.8. The van der Waals surface area contributed by atoms with E-state index in [4.69, 9.17) is 4.74 Å². The second kappa shape index (κ2) is 6.62. The summed E-state index contributed by atoms with van der Waals surface area (Å²) in [7, 11) is 1.59. The molecule has 0 bridgehead atoms. The third-order valence-corrected chi connectivity index (χ3v) is 2.84. The smallest absolute Gasteiger partial charge is 0.269 e. The highest BCUT2D eigenvalue weighted by atomic mass is 16.6. The molecule has 0 atom stereocenters. The van der Waals surface area contributed by atoms with Crippen molar-refractivity contribution in [1.29, 1.82) is 0 Å². The number of hydrogen-bond donors (Lipinski definition) is 1. The quantitative estimate of drug-likeness (QED) is 0.676. The van der Waals surface area contributed by atoms with E-state index in [0.717, 1.165) is 5.56 Å². The Labute approximate surface area is 121 Å². The van der Waals surface area contributed by atoms with Gasteiger partial charge in [-0.25, -0.2) is 0 Å². The lowest BCUT2D eigenvalue weighted by molar-refractivity contribution is -0.384. The lowest BCUT2D eigenvalue weighted by Gasteiger charge is -2.06. The van der Waals surface area contributed by atoms with E-state index in [0.29, 0.717) is 17.9 Å². The number of amides is 1. The van der Waals surface area contributed by atoms with Gasteiger partial charge in [0.05, 0.1) is 11.5 Å². The Balaban J connectivity index is 2.10. The molecule has 0 aliphatic heterocycles. The fourth-order valence-corrected chi connectivity index (χ4v) is 1.84. The van der Waals surface area contributed by atoms with Gasteiger partial charge in [0, 0.05) is 30.5 Å². The van der Waals surface area contributed by atoms with Crippen LogP contribution in [0.3, 0.4) is 0 Å². The number of non-ortho nitro benzene ring substituents is 1. The molecule has 2 aromatic rings. The molecule has 0 unspecified atom stereocenters. The molecular formula is C15H14N2O4. The number of benzene rings is 2. The number of methoxy groups -OCH3 is 1. The van der Waals surface area contributed by atoms with Crippen molar-refractivity contribution in [3.05, 3.63) is 69.8 Å². The van der Waals surface area contributed by atoms with Crippen LogP contribution in [0.1, 0.15) is 15.9 Å². The molecule has 0 aliphatic carbocycles. The zero-order valence-corrected chi connectivity index (χ0v) is 11.4. The van der Waals surface area contributed by atoms with Crippen LogP contribution in [0.15, 0.2) is 48.5 Å². The average molecular weight is 286 g/mol. The highest BCUT2D eigenvalue weighted by Crippen LogP contribution is 2.16. The van der Waals surface area contributed by atoms with Gasteiger partial charge in [0.2, 0.25) is 0 Å². The van der Waals surface area contributed by atoms with Crippen LogP contribution in [0.25, 0.3) is 0 Å². The van der Waals surface area contributed by atoms with Crippen molar-refractivity contribution in [3.63, 3.8) is 0 Å². The van der Waals surface area contributed by atoms with Crippen LogP contribution in [0, 0.1) is 10.1 Å². The van der Waals surface area contributed by atoms with Gasteiger partial charge in [0.1, 0.15) is 0 Å². The Kier molecular flexibility index (Phi) is 4.63. The Morgan fingerprint density at radius 1 is 1.24 bits per heavy atom. The van der Waals surface area contributed by atoms with Crippen molar-refractivity contribution in [2.45, 2.75) is 6.61 Å². The molecule has 0 saturated heterocycles. The molecule has 0 heterocycles. The van der Waals surface area contributed by atoms with E-state index in [1.807, 2.05) is 6.07 Å². The maximum Gasteiger partial charge on any atom is 0.269 e. The average Bonchev–Trinajstić information content (AvgIpc) is 2.48. The molecule has 0 saturated carbocycles. The Bertz CT molecular complexity index is 653. The molecule has 6 heteroatoms. The molecular weight excluding hydrogens is 272 g/mol. The van der Waals surface area contributed by atoms with Crippen molar-refractivity contribution in [2.75, 3.05) is 12.4 Å². The minimum Gasteiger partial charge on any atom is -0.380 e. The van der Waals surface area contributed by atoms with Crippen LogP contribution in [0.4, 0.5) is 11.4 Å². The van der Waals surface area contributed by atoms with Crippen molar-refractivity contribution < 1.29 is 14.5 Å². The number of nitrogens with zero attached hydrogens (tertiary/aromatic N) is 1. The summed E-state index contributed by atoms with van der Waals surface area (Å²) < 4.78 is 5.02. The molecule has 108 valence electrons. The van der Waals surface area contributed by atoms with Gasteiger partial charge >= 0.3 is 0 Å². The number of rotatable bonds is 5. The lowest BCUT2D eigenvalue weighted by Crippen LogP contribution is -2.12. The van der Waals surface area contributed by atoms with Gasteiger partial charge in [0.15, 0.2) is 0 Å². The maximum absolute atomic E-state index is 12.1. The van der Waals surface area contributed by atoms with E-state index >= 15 is 0 Å². The summed E-state index contributed by atoms with van der Waals surface area (Å²) in [4.78, 5) is 22.2. The van der Waals surface area contributed by atoms with Gasteiger partial charge in [-0.3, -0.25) is 14.9 Å². The molecule has 0 spiro atoms. The fourth-order valence-electron chi connectivity index (χ4n) is 1.84. The minimum atomic E-state index is -0.486. The summed E-state index contributed by atoms with van der Waals surface area (Å²) in [6.45, 7) is 0.429. The van der Waals surface area contributed by atoms with Crippen LogP contribution in [-0.4, -0.2) is 17.9 Å². The normalized spacial score (nSPS) is 10.1. The number of nitro benzene ring substituents is 1. The third-order valence-electron chi connectivity index (χ3n) is 2.84. The lowest BCUT2D eigenvalue weighted by atomic mass is 10.1. The van der Waals surface area contributed by atoms with Crippen LogP contribution in [0.2, 0.25) is 0 Å². The summed E-state index contributed by atoms with van der Waals surface area (Å²) in [5.74, 6) is -0.276. The summed E-state index contributed by atoms with van der Waals surface area (Å²) >= 11 is 0. The van der Waals surface area contributed by atoms with E-state index in [9.17, 15) is 14.9 Å². The van der Waals surface area contributed by atoms with Gasteiger partial charge in [-0.15, -0.1) is 0 Å². The van der Waals surface area contributed by atoms with Gasteiger partial charge in [-0.05, 0) is 29.8 Å². The van der Waals surface area contributed by atoms with Gasteiger partial charge in [0.25, 0.3) is 11.6 Å². The number of anilines is 1. The molecule has 0 fully saturated rings. The van der Waals surface area contributed by atoms with E-state index in [1.54, 1.807) is 25.3 Å². The summed E-state index contributed by atoms with van der Waals surface area (Å²) in [6.07, 6.45) is 0. The maximum atomic E-state index is 12.1. The molecule has 2 aromatic carbocycles. The SMILES string of the molecule is COCc1cccc(C(=O)Nc2ccc([N+](=O)[O-])cc2)c1. The molecule has 0 aliphatic rings.